The van der Waals surface area contributed by atoms with Crippen LogP contribution in [0.4, 0.5) is 0 Å². The number of para-hydroxylation sites is 1. The van der Waals surface area contributed by atoms with Crippen LogP contribution in [0.1, 0.15) is 6.92 Å². The molecule has 1 unspecified atom stereocenters. The lowest BCUT2D eigenvalue weighted by Crippen LogP contribution is -2.42. The molecule has 0 fully saturated rings. The SMILES string of the molecule is C[C@H](Oc1ccccc1)C(N)CN. The van der Waals surface area contributed by atoms with Gasteiger partial charge >= 0.3 is 0 Å². The molecule has 13 heavy (non-hydrogen) atoms. The third-order valence-corrected chi connectivity index (χ3v) is 1.94. The molecule has 1 aromatic rings. The van der Waals surface area contributed by atoms with E-state index in [0.717, 1.165) is 5.75 Å². The maximum atomic E-state index is 5.71. The van der Waals surface area contributed by atoms with Crippen molar-refractivity contribution in [1.29, 1.82) is 0 Å². The molecule has 0 heterocycles. The molecule has 3 nitrogen and oxygen atoms in total. The molecule has 0 aliphatic rings. The zero-order chi connectivity index (χ0) is 9.68. The highest BCUT2D eigenvalue weighted by Crippen LogP contribution is 2.11. The van der Waals surface area contributed by atoms with Gasteiger partial charge in [0.2, 0.25) is 0 Å². The fraction of sp³-hybridized carbons (Fsp3) is 0.400. The molecular weight excluding hydrogens is 164 g/mol. The van der Waals surface area contributed by atoms with E-state index in [-0.39, 0.29) is 12.1 Å². The molecule has 0 aliphatic carbocycles. The highest BCUT2D eigenvalue weighted by molar-refractivity contribution is 5.21. The number of benzene rings is 1. The molecule has 1 aromatic carbocycles. The predicted molar refractivity (Wildman–Crippen MR) is 53.6 cm³/mol. The summed E-state index contributed by atoms with van der Waals surface area (Å²) >= 11 is 0. The standard InChI is InChI=1S/C10H16N2O/c1-8(10(12)7-11)13-9-5-3-2-4-6-9/h2-6,8,10H,7,11-12H2,1H3/t8-,10?/m0/s1. The lowest BCUT2D eigenvalue weighted by atomic mass is 10.2. The van der Waals surface area contributed by atoms with Crippen molar-refractivity contribution in [1.82, 2.24) is 0 Å². The number of hydrogen-bond donors (Lipinski definition) is 2. The smallest absolute Gasteiger partial charge is 0.119 e. The van der Waals surface area contributed by atoms with Gasteiger partial charge in [-0.15, -0.1) is 0 Å². The minimum Gasteiger partial charge on any atom is -0.489 e. The van der Waals surface area contributed by atoms with E-state index in [4.69, 9.17) is 16.2 Å². The van der Waals surface area contributed by atoms with Crippen LogP contribution in [0.2, 0.25) is 0 Å². The van der Waals surface area contributed by atoms with Crippen LogP contribution >= 0.6 is 0 Å². The van der Waals surface area contributed by atoms with Gasteiger partial charge < -0.3 is 16.2 Å². The fourth-order valence-electron chi connectivity index (χ4n) is 0.993. The molecule has 72 valence electrons. The molecule has 1 rings (SSSR count). The normalized spacial score (nSPS) is 15.0. The molecule has 3 heteroatoms. The first-order valence-corrected chi connectivity index (χ1v) is 4.41. The second-order valence-electron chi connectivity index (χ2n) is 3.04. The molecule has 0 radical (unpaired) electrons. The van der Waals surface area contributed by atoms with Gasteiger partial charge in [-0.1, -0.05) is 18.2 Å². The quantitative estimate of drug-likeness (QED) is 0.718. The van der Waals surface area contributed by atoms with Crippen molar-refractivity contribution in [3.63, 3.8) is 0 Å². The Bertz CT molecular complexity index is 238. The Balaban J connectivity index is 2.50. The summed E-state index contributed by atoms with van der Waals surface area (Å²) in [7, 11) is 0. The Morgan fingerprint density at radius 3 is 2.46 bits per heavy atom. The fourth-order valence-corrected chi connectivity index (χ4v) is 0.993. The summed E-state index contributed by atoms with van der Waals surface area (Å²) in [5.74, 6) is 0.832. The molecule has 0 spiro atoms. The van der Waals surface area contributed by atoms with Gasteiger partial charge in [0.25, 0.3) is 0 Å². The summed E-state index contributed by atoms with van der Waals surface area (Å²) in [6.07, 6.45) is -0.0487. The van der Waals surface area contributed by atoms with Crippen LogP contribution in [0, 0.1) is 0 Å². The minimum absolute atomic E-state index is 0.0487. The van der Waals surface area contributed by atoms with E-state index in [0.29, 0.717) is 6.54 Å². The number of rotatable bonds is 4. The van der Waals surface area contributed by atoms with Gasteiger partial charge in [0.1, 0.15) is 11.9 Å². The van der Waals surface area contributed by atoms with Crippen LogP contribution in [0.15, 0.2) is 30.3 Å². The predicted octanol–water partition coefficient (Wildman–Crippen LogP) is 0.740. The van der Waals surface area contributed by atoms with E-state index in [1.54, 1.807) is 0 Å². The zero-order valence-corrected chi connectivity index (χ0v) is 7.81. The maximum Gasteiger partial charge on any atom is 0.119 e. The highest BCUT2D eigenvalue weighted by Gasteiger charge is 2.11. The molecule has 4 N–H and O–H groups in total. The van der Waals surface area contributed by atoms with Crippen molar-refractivity contribution in [2.45, 2.75) is 19.1 Å². The first-order chi connectivity index (χ1) is 6.24. The van der Waals surface area contributed by atoms with Crippen molar-refractivity contribution in [2.24, 2.45) is 11.5 Å². The van der Waals surface area contributed by atoms with Crippen molar-refractivity contribution in [3.8, 4) is 5.75 Å². The van der Waals surface area contributed by atoms with Crippen LogP contribution < -0.4 is 16.2 Å². The van der Waals surface area contributed by atoms with Gasteiger partial charge in [0, 0.05) is 6.54 Å². The molecule has 0 amide bonds. The molecule has 0 saturated heterocycles. The van der Waals surface area contributed by atoms with Crippen LogP contribution in [-0.4, -0.2) is 18.7 Å². The first-order valence-electron chi connectivity index (χ1n) is 4.41. The molecule has 2 atom stereocenters. The Morgan fingerprint density at radius 1 is 1.31 bits per heavy atom. The van der Waals surface area contributed by atoms with E-state index < -0.39 is 0 Å². The molecule has 0 aromatic heterocycles. The average molecular weight is 180 g/mol. The summed E-state index contributed by atoms with van der Waals surface area (Å²) in [4.78, 5) is 0. The van der Waals surface area contributed by atoms with E-state index in [1.807, 2.05) is 37.3 Å². The van der Waals surface area contributed by atoms with Crippen LogP contribution in [0.3, 0.4) is 0 Å². The van der Waals surface area contributed by atoms with Crippen LogP contribution in [0.5, 0.6) is 5.75 Å². The third-order valence-electron chi connectivity index (χ3n) is 1.94. The molecular formula is C10H16N2O. The minimum atomic E-state index is -0.111. The lowest BCUT2D eigenvalue weighted by molar-refractivity contribution is 0.192. The van der Waals surface area contributed by atoms with Gasteiger partial charge in [-0.25, -0.2) is 0 Å². The first kappa shape index (κ1) is 10.0. The topological polar surface area (TPSA) is 61.3 Å². The second-order valence-corrected chi connectivity index (χ2v) is 3.04. The van der Waals surface area contributed by atoms with Gasteiger partial charge in [-0.2, -0.15) is 0 Å². The van der Waals surface area contributed by atoms with E-state index in [9.17, 15) is 0 Å². The summed E-state index contributed by atoms with van der Waals surface area (Å²) < 4.78 is 5.56. The Morgan fingerprint density at radius 2 is 1.92 bits per heavy atom. The van der Waals surface area contributed by atoms with Crippen LogP contribution in [0.25, 0.3) is 0 Å². The second kappa shape index (κ2) is 4.84. The van der Waals surface area contributed by atoms with Crippen LogP contribution in [-0.2, 0) is 0 Å². The van der Waals surface area contributed by atoms with E-state index in [1.165, 1.54) is 0 Å². The Labute approximate surface area is 78.7 Å². The molecule has 0 aliphatic heterocycles. The van der Waals surface area contributed by atoms with E-state index in [2.05, 4.69) is 0 Å². The Hall–Kier alpha value is -1.06. The summed E-state index contributed by atoms with van der Waals surface area (Å²) in [6, 6.07) is 9.49. The number of ether oxygens (including phenoxy) is 1. The monoisotopic (exact) mass is 180 g/mol. The average Bonchev–Trinajstić information content (AvgIpc) is 2.18. The lowest BCUT2D eigenvalue weighted by Gasteiger charge is -2.19. The highest BCUT2D eigenvalue weighted by atomic mass is 16.5. The summed E-state index contributed by atoms with van der Waals surface area (Å²) in [5.41, 5.74) is 11.1. The van der Waals surface area contributed by atoms with Gasteiger partial charge in [-0.05, 0) is 19.1 Å². The van der Waals surface area contributed by atoms with Gasteiger partial charge in [0.05, 0.1) is 6.04 Å². The van der Waals surface area contributed by atoms with Gasteiger partial charge in [0.15, 0.2) is 0 Å². The van der Waals surface area contributed by atoms with Gasteiger partial charge in [-0.3, -0.25) is 0 Å². The van der Waals surface area contributed by atoms with Crippen molar-refractivity contribution < 1.29 is 4.74 Å². The number of nitrogens with two attached hydrogens (primary N) is 2. The largest absolute Gasteiger partial charge is 0.489 e. The van der Waals surface area contributed by atoms with E-state index >= 15 is 0 Å². The van der Waals surface area contributed by atoms with Crippen molar-refractivity contribution in [2.75, 3.05) is 6.54 Å². The summed E-state index contributed by atoms with van der Waals surface area (Å²) in [5, 5.41) is 0. The van der Waals surface area contributed by atoms with Crippen molar-refractivity contribution >= 4 is 0 Å². The maximum absolute atomic E-state index is 5.71. The molecule has 0 bridgehead atoms. The third kappa shape index (κ3) is 3.05. The number of hydrogen-bond acceptors (Lipinski definition) is 3. The molecule has 0 saturated carbocycles. The zero-order valence-electron chi connectivity index (χ0n) is 7.81. The summed E-state index contributed by atoms with van der Waals surface area (Å²) in [6.45, 7) is 2.36. The van der Waals surface area contributed by atoms with Crippen molar-refractivity contribution in [3.05, 3.63) is 30.3 Å². The Kier molecular flexibility index (Phi) is 3.73.